The van der Waals surface area contributed by atoms with E-state index in [1.807, 2.05) is 0 Å². The van der Waals surface area contributed by atoms with Crippen molar-refractivity contribution in [3.8, 4) is 0 Å². The van der Waals surface area contributed by atoms with Gasteiger partial charge in [0.05, 0.1) is 23.7 Å². The Kier molecular flexibility index (Phi) is 6.50. The SMILES string of the molecule is CC1CCC(CNC(CO)C(O)c2ccc([N+](=O)[O-])cc2)CC1. The molecule has 0 amide bonds. The minimum Gasteiger partial charge on any atom is -0.395 e. The second-order valence-electron chi connectivity index (χ2n) is 6.62. The summed E-state index contributed by atoms with van der Waals surface area (Å²) in [5.74, 6) is 1.38. The maximum atomic E-state index is 10.7. The van der Waals surface area contributed by atoms with Crippen LogP contribution in [0.4, 0.5) is 5.69 Å². The molecule has 1 aromatic rings. The molecule has 128 valence electrons. The van der Waals surface area contributed by atoms with Gasteiger partial charge in [0.15, 0.2) is 0 Å². The molecule has 1 aliphatic carbocycles. The van der Waals surface area contributed by atoms with E-state index < -0.39 is 17.1 Å². The van der Waals surface area contributed by atoms with Crippen molar-refractivity contribution < 1.29 is 15.1 Å². The van der Waals surface area contributed by atoms with Crippen LogP contribution in [0, 0.1) is 22.0 Å². The standard InChI is InChI=1S/C17H26N2O4/c1-12-2-4-13(5-3-12)10-18-16(11-20)17(21)14-6-8-15(9-7-14)19(22)23/h6-9,12-13,16-18,20-21H,2-5,10-11H2,1H3. The van der Waals surface area contributed by atoms with E-state index in [1.165, 1.54) is 49.9 Å². The van der Waals surface area contributed by atoms with Gasteiger partial charge in [-0.25, -0.2) is 0 Å². The molecule has 1 aliphatic rings. The molecule has 6 nitrogen and oxygen atoms in total. The topological polar surface area (TPSA) is 95.6 Å². The van der Waals surface area contributed by atoms with Crippen molar-refractivity contribution in [2.75, 3.05) is 13.2 Å². The van der Waals surface area contributed by atoms with Gasteiger partial charge in [-0.1, -0.05) is 19.8 Å². The Hall–Kier alpha value is -1.50. The van der Waals surface area contributed by atoms with Crippen LogP contribution in [0.15, 0.2) is 24.3 Å². The molecule has 23 heavy (non-hydrogen) atoms. The number of non-ortho nitro benzene ring substituents is 1. The number of nitrogens with one attached hydrogen (secondary N) is 1. The van der Waals surface area contributed by atoms with E-state index in [-0.39, 0.29) is 12.3 Å². The average Bonchev–Trinajstić information content (AvgIpc) is 2.57. The highest BCUT2D eigenvalue weighted by Crippen LogP contribution is 2.28. The fraction of sp³-hybridized carbons (Fsp3) is 0.647. The quantitative estimate of drug-likeness (QED) is 0.529. The molecule has 0 aliphatic heterocycles. The number of aliphatic hydroxyl groups excluding tert-OH is 2. The predicted octanol–water partition coefficient (Wildman–Crippen LogP) is 2.41. The summed E-state index contributed by atoms with van der Waals surface area (Å²) < 4.78 is 0. The Bertz CT molecular complexity index is 498. The minimum atomic E-state index is -0.886. The summed E-state index contributed by atoms with van der Waals surface area (Å²) in [4.78, 5) is 10.2. The molecule has 0 heterocycles. The Morgan fingerprint density at radius 3 is 2.39 bits per heavy atom. The maximum Gasteiger partial charge on any atom is 0.269 e. The molecular weight excluding hydrogens is 296 g/mol. The van der Waals surface area contributed by atoms with Crippen molar-refractivity contribution >= 4 is 5.69 Å². The third kappa shape index (κ3) is 4.99. The van der Waals surface area contributed by atoms with Gasteiger partial charge in [0, 0.05) is 12.1 Å². The summed E-state index contributed by atoms with van der Waals surface area (Å²) in [6, 6.07) is 5.35. The highest BCUT2D eigenvalue weighted by Gasteiger charge is 2.23. The summed E-state index contributed by atoms with van der Waals surface area (Å²) in [6.45, 7) is 2.88. The molecular formula is C17H26N2O4. The lowest BCUT2D eigenvalue weighted by Gasteiger charge is -2.29. The number of aliphatic hydroxyl groups is 2. The second-order valence-corrected chi connectivity index (χ2v) is 6.62. The number of benzene rings is 1. The first kappa shape index (κ1) is 17.8. The second kappa shape index (κ2) is 8.38. The normalized spacial score (nSPS) is 24.1. The van der Waals surface area contributed by atoms with E-state index >= 15 is 0 Å². The first-order valence-electron chi connectivity index (χ1n) is 8.28. The molecule has 0 saturated heterocycles. The fourth-order valence-corrected chi connectivity index (χ4v) is 3.15. The molecule has 2 rings (SSSR count). The Labute approximate surface area is 136 Å². The van der Waals surface area contributed by atoms with Crippen LogP contribution >= 0.6 is 0 Å². The Morgan fingerprint density at radius 2 is 1.87 bits per heavy atom. The summed E-state index contributed by atoms with van der Waals surface area (Å²) in [5.41, 5.74) is 0.560. The zero-order valence-corrected chi connectivity index (χ0v) is 13.5. The van der Waals surface area contributed by atoms with Crippen molar-refractivity contribution in [3.63, 3.8) is 0 Å². The van der Waals surface area contributed by atoms with Crippen LogP contribution in [0.25, 0.3) is 0 Å². The van der Waals surface area contributed by atoms with Gasteiger partial charge in [-0.3, -0.25) is 10.1 Å². The van der Waals surface area contributed by atoms with Gasteiger partial charge >= 0.3 is 0 Å². The number of hydrogen-bond donors (Lipinski definition) is 3. The summed E-state index contributed by atoms with van der Waals surface area (Å²) in [5, 5.41) is 33.8. The van der Waals surface area contributed by atoms with Gasteiger partial charge in [-0.2, -0.15) is 0 Å². The third-order valence-electron chi connectivity index (χ3n) is 4.83. The van der Waals surface area contributed by atoms with E-state index in [0.29, 0.717) is 11.5 Å². The Morgan fingerprint density at radius 1 is 1.26 bits per heavy atom. The van der Waals surface area contributed by atoms with Crippen LogP contribution in [-0.4, -0.2) is 34.3 Å². The van der Waals surface area contributed by atoms with Crippen molar-refractivity contribution in [1.29, 1.82) is 0 Å². The van der Waals surface area contributed by atoms with Gasteiger partial charge in [0.1, 0.15) is 0 Å². The number of hydrogen-bond acceptors (Lipinski definition) is 5. The van der Waals surface area contributed by atoms with Gasteiger partial charge in [0.2, 0.25) is 0 Å². The zero-order chi connectivity index (χ0) is 16.8. The first-order chi connectivity index (χ1) is 11.0. The van der Waals surface area contributed by atoms with E-state index in [2.05, 4.69) is 12.2 Å². The van der Waals surface area contributed by atoms with E-state index in [4.69, 9.17) is 0 Å². The van der Waals surface area contributed by atoms with E-state index in [0.717, 1.165) is 12.5 Å². The number of rotatable bonds is 7. The smallest absolute Gasteiger partial charge is 0.269 e. The van der Waals surface area contributed by atoms with Crippen molar-refractivity contribution in [2.24, 2.45) is 11.8 Å². The van der Waals surface area contributed by atoms with Crippen molar-refractivity contribution in [2.45, 2.75) is 44.8 Å². The highest BCUT2D eigenvalue weighted by atomic mass is 16.6. The lowest BCUT2D eigenvalue weighted by Crippen LogP contribution is -2.41. The van der Waals surface area contributed by atoms with Gasteiger partial charge in [-0.15, -0.1) is 0 Å². The van der Waals surface area contributed by atoms with Crippen LogP contribution in [0.2, 0.25) is 0 Å². The maximum absolute atomic E-state index is 10.7. The third-order valence-corrected chi connectivity index (χ3v) is 4.83. The molecule has 6 heteroatoms. The lowest BCUT2D eigenvalue weighted by atomic mass is 9.83. The minimum absolute atomic E-state index is 0.00853. The molecule has 1 aromatic carbocycles. The largest absolute Gasteiger partial charge is 0.395 e. The number of nitro benzene ring substituents is 1. The van der Waals surface area contributed by atoms with Crippen LogP contribution in [-0.2, 0) is 0 Å². The molecule has 1 saturated carbocycles. The lowest BCUT2D eigenvalue weighted by molar-refractivity contribution is -0.384. The highest BCUT2D eigenvalue weighted by molar-refractivity contribution is 5.34. The van der Waals surface area contributed by atoms with Crippen molar-refractivity contribution in [1.82, 2.24) is 5.32 Å². The van der Waals surface area contributed by atoms with Gasteiger partial charge in [0.25, 0.3) is 5.69 Å². The van der Waals surface area contributed by atoms with Crippen LogP contribution in [0.3, 0.4) is 0 Å². The summed E-state index contributed by atoms with van der Waals surface area (Å²) >= 11 is 0. The average molecular weight is 322 g/mol. The van der Waals surface area contributed by atoms with E-state index in [9.17, 15) is 20.3 Å². The predicted molar refractivity (Wildman–Crippen MR) is 88.1 cm³/mol. The fourth-order valence-electron chi connectivity index (χ4n) is 3.15. The van der Waals surface area contributed by atoms with Crippen LogP contribution in [0.5, 0.6) is 0 Å². The summed E-state index contributed by atoms with van der Waals surface area (Å²) in [6.07, 6.45) is 3.95. The Balaban J connectivity index is 1.90. The molecule has 0 radical (unpaired) electrons. The molecule has 0 bridgehead atoms. The first-order valence-corrected chi connectivity index (χ1v) is 8.28. The van der Waals surface area contributed by atoms with Crippen molar-refractivity contribution in [3.05, 3.63) is 39.9 Å². The van der Waals surface area contributed by atoms with E-state index in [1.54, 1.807) is 0 Å². The van der Waals surface area contributed by atoms with Gasteiger partial charge in [-0.05, 0) is 48.9 Å². The number of nitro groups is 1. The molecule has 3 N–H and O–H groups in total. The molecule has 2 atom stereocenters. The van der Waals surface area contributed by atoms with Crippen LogP contribution < -0.4 is 5.32 Å². The summed E-state index contributed by atoms with van der Waals surface area (Å²) in [7, 11) is 0. The van der Waals surface area contributed by atoms with Gasteiger partial charge < -0.3 is 15.5 Å². The molecule has 0 aromatic heterocycles. The molecule has 2 unspecified atom stereocenters. The number of nitrogens with zero attached hydrogens (tertiary/aromatic N) is 1. The zero-order valence-electron chi connectivity index (χ0n) is 13.5. The molecule has 0 spiro atoms. The van der Waals surface area contributed by atoms with Crippen LogP contribution in [0.1, 0.15) is 44.3 Å². The monoisotopic (exact) mass is 322 g/mol. The molecule has 1 fully saturated rings.